The maximum Gasteiger partial charge on any atom is 0.334 e. The van der Waals surface area contributed by atoms with E-state index in [2.05, 4.69) is 23.3 Å². The lowest BCUT2D eigenvalue weighted by molar-refractivity contribution is -0.200. The van der Waals surface area contributed by atoms with E-state index in [1.54, 1.807) is 7.05 Å². The summed E-state index contributed by atoms with van der Waals surface area (Å²) in [5.74, 6) is 0.0924. The Balaban J connectivity index is 1.38. The Bertz CT molecular complexity index is 1220. The summed E-state index contributed by atoms with van der Waals surface area (Å²) in [7, 11) is 1.67. The minimum absolute atomic E-state index is 0.0299. The summed E-state index contributed by atoms with van der Waals surface area (Å²) in [6, 6.07) is 0. The Morgan fingerprint density at radius 1 is 1.20 bits per heavy atom. The van der Waals surface area contributed by atoms with Crippen LogP contribution < -0.4 is 11.1 Å². The summed E-state index contributed by atoms with van der Waals surface area (Å²) in [5.41, 5.74) is 4.79. The summed E-state index contributed by atoms with van der Waals surface area (Å²) < 4.78 is 6.71. The molecule has 0 unspecified atom stereocenters. The van der Waals surface area contributed by atoms with Crippen molar-refractivity contribution in [2.24, 2.45) is 51.1 Å². The molecular weight excluding hydrogens is 576 g/mol. The van der Waals surface area contributed by atoms with Crippen LogP contribution in [0.4, 0.5) is 0 Å². The lowest BCUT2D eigenvalue weighted by Gasteiger charge is -2.61. The van der Waals surface area contributed by atoms with Gasteiger partial charge in [-0.15, -0.1) is 0 Å². The van der Waals surface area contributed by atoms with Crippen molar-refractivity contribution in [1.82, 2.24) is 10.2 Å². The number of nitrogens with zero attached hydrogens (tertiary/aromatic N) is 2. The Hall–Kier alpha value is -2.02. The molecule has 3 saturated carbocycles. The normalized spacial score (nSPS) is 44.4. The average Bonchev–Trinajstić information content (AvgIpc) is 3.38. The van der Waals surface area contributed by atoms with Crippen LogP contribution in [0.15, 0.2) is 28.4 Å². The van der Waals surface area contributed by atoms with Crippen LogP contribution in [-0.2, 0) is 9.53 Å². The van der Waals surface area contributed by atoms with E-state index in [9.17, 15) is 30.3 Å². The van der Waals surface area contributed by atoms with Gasteiger partial charge >= 0.3 is 5.97 Å². The standard InChI is InChI=1S/C34H54N4O7/c1-20-5-7-23-15-25-29(30(42)43)34(44,28-8-6-22-14-21(4-3-12-39)26(41)16-27(22)45-28)18-32(20,25)33(23)19-38(31(35)36-2)11-9-24(33)17-37-10-13-40/h9,11,20-24,26-28,37,39-41,44H,3-8,10,12-19H2,1-2H3,(H2,35,36)(H,42,43)/t20-,21+,22-,23-,24-,26+,27+,28+,32+,33-,34+/m1/s1. The third kappa shape index (κ3) is 4.99. The largest absolute Gasteiger partial charge is 0.478 e. The minimum Gasteiger partial charge on any atom is -0.478 e. The quantitative estimate of drug-likeness (QED) is 0.112. The Morgan fingerprint density at radius 2 is 2.00 bits per heavy atom. The van der Waals surface area contributed by atoms with Crippen LogP contribution >= 0.6 is 0 Å². The van der Waals surface area contributed by atoms with Crippen LogP contribution in [0.1, 0.15) is 71.1 Å². The van der Waals surface area contributed by atoms with Crippen LogP contribution in [0.2, 0.25) is 0 Å². The van der Waals surface area contributed by atoms with Crippen LogP contribution in [0, 0.1) is 40.4 Å². The van der Waals surface area contributed by atoms with Gasteiger partial charge in [0.1, 0.15) is 5.60 Å². The van der Waals surface area contributed by atoms with E-state index in [0.717, 1.165) is 37.7 Å². The zero-order valence-electron chi connectivity index (χ0n) is 26.9. The van der Waals surface area contributed by atoms with Gasteiger partial charge in [-0.25, -0.2) is 4.79 Å². The summed E-state index contributed by atoms with van der Waals surface area (Å²) >= 11 is 0. The number of ether oxygens (including phenoxy) is 1. The molecule has 0 amide bonds. The van der Waals surface area contributed by atoms with E-state index >= 15 is 0 Å². The number of aliphatic hydroxyl groups is 4. The number of carbonyl (C=O) groups is 1. The molecule has 0 aromatic rings. The van der Waals surface area contributed by atoms with Gasteiger partial charge in [-0.05, 0) is 93.0 Å². The number of allylic oxidation sites excluding steroid dienone is 1. The van der Waals surface area contributed by atoms with Crippen LogP contribution in [0.25, 0.3) is 0 Å². The molecule has 0 aromatic heterocycles. The van der Waals surface area contributed by atoms with Gasteiger partial charge < -0.3 is 46.2 Å². The van der Waals surface area contributed by atoms with Gasteiger partial charge in [0.25, 0.3) is 0 Å². The van der Waals surface area contributed by atoms with Crippen molar-refractivity contribution in [2.75, 3.05) is 39.9 Å². The first-order chi connectivity index (χ1) is 21.6. The number of rotatable bonds is 9. The van der Waals surface area contributed by atoms with E-state index < -0.39 is 34.6 Å². The highest BCUT2D eigenvalue weighted by atomic mass is 16.5. The fourth-order valence-corrected chi connectivity index (χ4v) is 11.3. The van der Waals surface area contributed by atoms with Crippen molar-refractivity contribution in [1.29, 1.82) is 0 Å². The van der Waals surface area contributed by atoms with Crippen molar-refractivity contribution in [3.63, 3.8) is 0 Å². The summed E-state index contributed by atoms with van der Waals surface area (Å²) in [5, 5.41) is 57.0. The Morgan fingerprint density at radius 3 is 2.71 bits per heavy atom. The predicted octanol–water partition coefficient (Wildman–Crippen LogP) is 1.60. The third-order valence-corrected chi connectivity index (χ3v) is 13.2. The van der Waals surface area contributed by atoms with E-state index in [0.29, 0.717) is 57.7 Å². The number of fused-ring (bicyclic) bond motifs is 1. The zero-order valence-corrected chi connectivity index (χ0v) is 26.9. The monoisotopic (exact) mass is 630 g/mol. The maximum absolute atomic E-state index is 13.3. The lowest BCUT2D eigenvalue weighted by atomic mass is 9.45. The van der Waals surface area contributed by atoms with Gasteiger partial charge in [0, 0.05) is 56.7 Å². The van der Waals surface area contributed by atoms with Crippen molar-refractivity contribution < 1.29 is 35.1 Å². The van der Waals surface area contributed by atoms with Crippen LogP contribution in [0.5, 0.6) is 0 Å². The molecule has 0 radical (unpaired) electrons. The molecule has 2 aliphatic heterocycles. The molecule has 2 bridgehead atoms. The van der Waals surface area contributed by atoms with E-state index in [1.807, 2.05) is 11.1 Å². The van der Waals surface area contributed by atoms with E-state index in [-0.39, 0.29) is 54.5 Å². The molecule has 1 saturated heterocycles. The maximum atomic E-state index is 13.3. The molecule has 8 N–H and O–H groups in total. The summed E-state index contributed by atoms with van der Waals surface area (Å²) in [6.45, 7) is 4.05. The molecule has 11 nitrogen and oxygen atoms in total. The van der Waals surface area contributed by atoms with E-state index in [4.69, 9.17) is 10.5 Å². The first-order valence-electron chi connectivity index (χ1n) is 17.2. The number of carboxylic acids is 1. The molecule has 11 atom stereocenters. The fraction of sp³-hybridized carbons (Fsp3) is 0.824. The van der Waals surface area contributed by atoms with Crippen LogP contribution in [-0.4, -0.2) is 106 Å². The topological polar surface area (TPSA) is 181 Å². The first-order valence-corrected chi connectivity index (χ1v) is 17.2. The second-order valence-electron chi connectivity index (χ2n) is 14.9. The number of aliphatic hydroxyl groups excluding tert-OH is 3. The molecule has 45 heavy (non-hydrogen) atoms. The van der Waals surface area contributed by atoms with Gasteiger partial charge in [0.15, 0.2) is 5.96 Å². The van der Waals surface area contributed by atoms with E-state index in [1.165, 1.54) is 0 Å². The molecule has 11 heteroatoms. The number of nitrogens with two attached hydrogens (primary N) is 1. The fourth-order valence-electron chi connectivity index (χ4n) is 11.3. The smallest absolute Gasteiger partial charge is 0.334 e. The average molecular weight is 631 g/mol. The number of hydrogen-bond acceptors (Lipinski definition) is 8. The predicted molar refractivity (Wildman–Crippen MR) is 169 cm³/mol. The number of aliphatic carboxylic acids is 1. The lowest BCUT2D eigenvalue weighted by Crippen LogP contribution is -2.63. The molecule has 2 heterocycles. The van der Waals surface area contributed by atoms with Crippen LogP contribution in [0.3, 0.4) is 0 Å². The molecule has 4 aliphatic carbocycles. The van der Waals surface area contributed by atoms with Gasteiger partial charge in [0.2, 0.25) is 0 Å². The highest BCUT2D eigenvalue weighted by molar-refractivity contribution is 5.92. The van der Waals surface area contributed by atoms with Crippen molar-refractivity contribution >= 4 is 11.9 Å². The number of aliphatic imine (C=N–C) groups is 1. The molecule has 2 spiro atoms. The molecule has 252 valence electrons. The second-order valence-corrected chi connectivity index (χ2v) is 14.9. The Kier molecular flexibility index (Phi) is 9.17. The second kappa shape index (κ2) is 12.5. The van der Waals surface area contributed by atoms with Gasteiger partial charge in [-0.3, -0.25) is 4.99 Å². The van der Waals surface area contributed by atoms with Crippen molar-refractivity contribution in [2.45, 2.75) is 95.0 Å². The third-order valence-electron chi connectivity index (χ3n) is 13.2. The SMILES string of the molecule is CN=C(N)N1C=C[C@H](CNCCO)[C@@]2(C1)[C@@H]1CC[C@@H](C)[C@]23C[C@](O)([C@@H]2CC[C@@H]4C[C@H](CCCO)[C@@H](O)C[C@@H]4O2)C(C(=O)O)=C3C1. The number of nitrogens with one attached hydrogen (secondary N) is 1. The summed E-state index contributed by atoms with van der Waals surface area (Å²) in [4.78, 5) is 19.6. The summed E-state index contributed by atoms with van der Waals surface area (Å²) in [6.07, 6.45) is 9.67. The minimum atomic E-state index is -1.66. The van der Waals surface area contributed by atoms with Crippen molar-refractivity contribution in [3.8, 4) is 0 Å². The van der Waals surface area contributed by atoms with Gasteiger partial charge in [-0.2, -0.15) is 0 Å². The highest BCUT2D eigenvalue weighted by Gasteiger charge is 2.76. The van der Waals surface area contributed by atoms with Gasteiger partial charge in [0.05, 0.1) is 30.5 Å². The Labute approximate surface area is 266 Å². The molecule has 6 rings (SSSR count). The first kappa shape index (κ1) is 32.9. The number of carboxylic acid groups (broad SMARTS) is 1. The number of hydrogen-bond donors (Lipinski definition) is 7. The molecule has 6 aliphatic rings. The van der Waals surface area contributed by atoms with Gasteiger partial charge in [-0.1, -0.05) is 13.0 Å². The highest BCUT2D eigenvalue weighted by Crippen LogP contribution is 2.77. The molecule has 0 aromatic carbocycles. The van der Waals surface area contributed by atoms with Crippen molar-refractivity contribution in [3.05, 3.63) is 23.4 Å². The zero-order chi connectivity index (χ0) is 32.1. The molecule has 4 fully saturated rings. The number of guanidine groups is 1. The molecular formula is C34H54N4O7.